The minimum absolute atomic E-state index is 0.414. The SMILES string of the molecule is NC(=S)c1ccccc1-c1ccc(Cn2cncn2)cc1. The lowest BCUT2D eigenvalue weighted by molar-refractivity contribution is 0.685. The first-order chi connectivity index (χ1) is 10.2. The van der Waals surface area contributed by atoms with Gasteiger partial charge >= 0.3 is 0 Å². The van der Waals surface area contributed by atoms with Gasteiger partial charge in [0.15, 0.2) is 0 Å². The van der Waals surface area contributed by atoms with Crippen molar-refractivity contribution in [2.24, 2.45) is 5.73 Å². The van der Waals surface area contributed by atoms with Crippen LogP contribution in [0.4, 0.5) is 0 Å². The van der Waals surface area contributed by atoms with Crippen molar-refractivity contribution < 1.29 is 0 Å². The normalized spacial score (nSPS) is 10.5. The van der Waals surface area contributed by atoms with Gasteiger partial charge in [0.25, 0.3) is 0 Å². The molecule has 0 bridgehead atoms. The van der Waals surface area contributed by atoms with Gasteiger partial charge in [0.2, 0.25) is 0 Å². The Morgan fingerprint density at radius 3 is 2.52 bits per heavy atom. The standard InChI is InChI=1S/C16H14N4S/c17-16(21)15-4-2-1-3-14(15)13-7-5-12(6-8-13)9-20-11-18-10-19-20/h1-8,10-11H,9H2,(H2,17,21). The number of nitrogens with two attached hydrogens (primary N) is 1. The molecule has 0 radical (unpaired) electrons. The number of aromatic nitrogens is 3. The molecule has 0 fully saturated rings. The Kier molecular flexibility index (Phi) is 3.75. The van der Waals surface area contributed by atoms with Gasteiger partial charge in [0.1, 0.15) is 17.6 Å². The minimum atomic E-state index is 0.414. The summed E-state index contributed by atoms with van der Waals surface area (Å²) in [6, 6.07) is 16.2. The van der Waals surface area contributed by atoms with E-state index in [0.717, 1.165) is 22.3 Å². The number of hydrogen-bond acceptors (Lipinski definition) is 3. The van der Waals surface area contributed by atoms with Crippen molar-refractivity contribution in [1.82, 2.24) is 14.8 Å². The van der Waals surface area contributed by atoms with Crippen LogP contribution in [0.15, 0.2) is 61.2 Å². The molecule has 0 amide bonds. The van der Waals surface area contributed by atoms with E-state index >= 15 is 0 Å². The monoisotopic (exact) mass is 294 g/mol. The smallest absolute Gasteiger partial charge is 0.137 e. The Hall–Kier alpha value is -2.53. The van der Waals surface area contributed by atoms with Gasteiger partial charge in [-0.2, -0.15) is 5.10 Å². The fourth-order valence-electron chi connectivity index (χ4n) is 2.24. The highest BCUT2D eigenvalue weighted by Gasteiger charge is 2.06. The molecular weight excluding hydrogens is 280 g/mol. The molecule has 0 atom stereocenters. The van der Waals surface area contributed by atoms with E-state index in [1.54, 1.807) is 11.0 Å². The number of thiocarbonyl (C=S) groups is 1. The van der Waals surface area contributed by atoms with Gasteiger partial charge in [-0.1, -0.05) is 60.7 Å². The molecule has 0 unspecified atom stereocenters. The average molecular weight is 294 g/mol. The lowest BCUT2D eigenvalue weighted by atomic mass is 9.98. The molecule has 0 aliphatic heterocycles. The molecule has 21 heavy (non-hydrogen) atoms. The second-order valence-electron chi connectivity index (χ2n) is 4.70. The maximum atomic E-state index is 5.79. The number of nitrogens with zero attached hydrogens (tertiary/aromatic N) is 3. The number of rotatable bonds is 4. The third kappa shape index (κ3) is 2.98. The number of hydrogen-bond donors (Lipinski definition) is 1. The van der Waals surface area contributed by atoms with E-state index in [1.165, 1.54) is 6.33 Å². The highest BCUT2D eigenvalue weighted by atomic mass is 32.1. The summed E-state index contributed by atoms with van der Waals surface area (Å²) in [7, 11) is 0. The van der Waals surface area contributed by atoms with Gasteiger partial charge in [-0.3, -0.25) is 0 Å². The van der Waals surface area contributed by atoms with E-state index in [-0.39, 0.29) is 0 Å². The third-order valence-corrected chi connectivity index (χ3v) is 3.49. The van der Waals surface area contributed by atoms with E-state index in [1.807, 2.05) is 24.3 Å². The average Bonchev–Trinajstić information content (AvgIpc) is 3.01. The van der Waals surface area contributed by atoms with Gasteiger partial charge in [0, 0.05) is 5.56 Å². The van der Waals surface area contributed by atoms with E-state index in [9.17, 15) is 0 Å². The van der Waals surface area contributed by atoms with Crippen molar-refractivity contribution in [1.29, 1.82) is 0 Å². The van der Waals surface area contributed by atoms with Crippen molar-refractivity contribution in [2.45, 2.75) is 6.54 Å². The van der Waals surface area contributed by atoms with Crippen LogP contribution in [0.5, 0.6) is 0 Å². The fraction of sp³-hybridized carbons (Fsp3) is 0.0625. The van der Waals surface area contributed by atoms with Crippen molar-refractivity contribution in [2.75, 3.05) is 0 Å². The third-order valence-electron chi connectivity index (χ3n) is 3.27. The van der Waals surface area contributed by atoms with E-state index in [4.69, 9.17) is 18.0 Å². The van der Waals surface area contributed by atoms with Crippen LogP contribution in [-0.2, 0) is 6.54 Å². The van der Waals surface area contributed by atoms with Crippen LogP contribution in [0, 0.1) is 0 Å². The second-order valence-corrected chi connectivity index (χ2v) is 5.14. The van der Waals surface area contributed by atoms with Gasteiger partial charge < -0.3 is 5.73 Å². The first-order valence-electron chi connectivity index (χ1n) is 6.54. The summed E-state index contributed by atoms with van der Waals surface area (Å²) in [5.41, 5.74) is 10.00. The van der Waals surface area contributed by atoms with Crippen molar-refractivity contribution in [3.8, 4) is 11.1 Å². The first kappa shape index (κ1) is 13.5. The lowest BCUT2D eigenvalue weighted by Crippen LogP contribution is -2.10. The van der Waals surface area contributed by atoms with Crippen LogP contribution >= 0.6 is 12.2 Å². The van der Waals surface area contributed by atoms with Crippen molar-refractivity contribution in [3.63, 3.8) is 0 Å². The van der Waals surface area contributed by atoms with Crippen LogP contribution in [0.25, 0.3) is 11.1 Å². The van der Waals surface area contributed by atoms with Gasteiger partial charge in [0.05, 0.1) is 6.54 Å². The Morgan fingerprint density at radius 2 is 1.86 bits per heavy atom. The topological polar surface area (TPSA) is 56.7 Å². The van der Waals surface area contributed by atoms with Crippen LogP contribution in [0.1, 0.15) is 11.1 Å². The van der Waals surface area contributed by atoms with Crippen LogP contribution in [0.3, 0.4) is 0 Å². The van der Waals surface area contributed by atoms with Crippen LogP contribution < -0.4 is 5.73 Å². The molecule has 0 saturated carbocycles. The largest absolute Gasteiger partial charge is 0.389 e. The zero-order chi connectivity index (χ0) is 14.7. The summed E-state index contributed by atoms with van der Waals surface area (Å²) >= 11 is 5.11. The minimum Gasteiger partial charge on any atom is -0.389 e. The molecular formula is C16H14N4S. The lowest BCUT2D eigenvalue weighted by Gasteiger charge is -2.09. The predicted octanol–water partition coefficient (Wildman–Crippen LogP) is 2.63. The number of benzene rings is 2. The van der Waals surface area contributed by atoms with Crippen LogP contribution in [-0.4, -0.2) is 19.8 Å². The molecule has 3 aromatic rings. The van der Waals surface area contributed by atoms with Gasteiger partial charge in [-0.15, -0.1) is 0 Å². The van der Waals surface area contributed by atoms with Gasteiger partial charge in [-0.25, -0.2) is 9.67 Å². The Morgan fingerprint density at radius 1 is 1.10 bits per heavy atom. The molecule has 104 valence electrons. The molecule has 1 heterocycles. The summed E-state index contributed by atoms with van der Waals surface area (Å²) in [5.74, 6) is 0. The maximum absolute atomic E-state index is 5.79. The molecule has 2 aromatic carbocycles. The Bertz CT molecular complexity index is 748. The van der Waals surface area contributed by atoms with E-state index in [0.29, 0.717) is 11.5 Å². The summed E-state index contributed by atoms with van der Waals surface area (Å²) in [5, 5.41) is 4.10. The zero-order valence-electron chi connectivity index (χ0n) is 11.3. The molecule has 4 nitrogen and oxygen atoms in total. The van der Waals surface area contributed by atoms with Gasteiger partial charge in [-0.05, 0) is 16.7 Å². The molecule has 0 saturated heterocycles. The van der Waals surface area contributed by atoms with Crippen molar-refractivity contribution >= 4 is 17.2 Å². The summed E-state index contributed by atoms with van der Waals surface area (Å²) in [6.45, 7) is 0.706. The summed E-state index contributed by atoms with van der Waals surface area (Å²) < 4.78 is 1.79. The highest BCUT2D eigenvalue weighted by Crippen LogP contribution is 2.24. The van der Waals surface area contributed by atoms with E-state index in [2.05, 4.69) is 34.3 Å². The molecule has 0 spiro atoms. The molecule has 5 heteroatoms. The van der Waals surface area contributed by atoms with Crippen LogP contribution in [0.2, 0.25) is 0 Å². The van der Waals surface area contributed by atoms with E-state index < -0.39 is 0 Å². The zero-order valence-corrected chi connectivity index (χ0v) is 12.1. The summed E-state index contributed by atoms with van der Waals surface area (Å²) in [6.07, 6.45) is 3.24. The molecule has 3 rings (SSSR count). The Labute approximate surface area is 128 Å². The second kappa shape index (κ2) is 5.85. The molecule has 1 aromatic heterocycles. The quantitative estimate of drug-likeness (QED) is 0.752. The van der Waals surface area contributed by atoms with Crippen molar-refractivity contribution in [3.05, 3.63) is 72.3 Å². The predicted molar refractivity (Wildman–Crippen MR) is 86.9 cm³/mol. The molecule has 2 N–H and O–H groups in total. The Balaban J connectivity index is 1.89. The highest BCUT2D eigenvalue weighted by molar-refractivity contribution is 7.80. The first-order valence-corrected chi connectivity index (χ1v) is 6.95. The fourth-order valence-corrected chi connectivity index (χ4v) is 2.42. The maximum Gasteiger partial charge on any atom is 0.137 e. The molecule has 0 aliphatic carbocycles. The summed E-state index contributed by atoms with van der Waals surface area (Å²) in [4.78, 5) is 4.35. The molecule has 0 aliphatic rings.